The van der Waals surface area contributed by atoms with Gasteiger partial charge in [-0.25, -0.2) is 9.97 Å². The first kappa shape index (κ1) is 33.4. The van der Waals surface area contributed by atoms with E-state index in [1.807, 2.05) is 0 Å². The molecule has 3 aromatic heterocycles. The third-order valence-corrected chi connectivity index (χ3v) is 11.3. The van der Waals surface area contributed by atoms with Crippen LogP contribution >= 0.6 is 23.1 Å². The number of aryl methyl sites for hydroxylation is 1. The molecule has 5 heterocycles. The Bertz CT molecular complexity index is 1860. The molecule has 2 saturated heterocycles. The fraction of sp³-hybridized carbons (Fsp3) is 0.455. The number of halogens is 1. The Hall–Kier alpha value is -3.51. The number of pyridine rings is 1. The van der Waals surface area contributed by atoms with Crippen LogP contribution in [0.2, 0.25) is 0 Å². The Balaban J connectivity index is 1.24. The van der Waals surface area contributed by atoms with Gasteiger partial charge in [0.25, 0.3) is 5.56 Å². The Morgan fingerprint density at radius 1 is 1.02 bits per heavy atom. The standard InChI is InChI=1S/C33H43BrN9O3P/c1-6-22-19-26(28(46-3)20-27(22)42-12-8-23(9-13-42)41-17-15-40(2)16-18-41)38-33-36-21-24(34)31(39-33)37-25-10-14-43-29(44)7-11-35-32(43)30(25)47(4,5)45/h7,10-11,14,19-21,23H,6,8-9,12-13,15-18H2,1-5H3,(H2,36,37,38,39). The van der Waals surface area contributed by atoms with Crippen LogP contribution in [0.5, 0.6) is 5.75 Å². The molecule has 2 N–H and O–H groups in total. The zero-order chi connectivity index (χ0) is 33.3. The molecule has 1 aromatic carbocycles. The van der Waals surface area contributed by atoms with Crippen LogP contribution in [-0.4, -0.2) is 102 Å². The van der Waals surface area contributed by atoms with E-state index in [-0.39, 0.29) is 5.56 Å². The van der Waals surface area contributed by atoms with Crippen molar-refractivity contribution in [1.29, 1.82) is 0 Å². The van der Waals surface area contributed by atoms with E-state index in [1.165, 1.54) is 27.9 Å². The lowest BCUT2D eigenvalue weighted by Gasteiger charge is -2.43. The van der Waals surface area contributed by atoms with Crippen LogP contribution in [0.25, 0.3) is 5.65 Å². The SMILES string of the molecule is CCc1cc(Nc2ncc(Br)c(Nc3ccn4c(=O)ccnc4c3P(C)(C)=O)n2)c(OC)cc1N1CCC(N2CCN(C)CC2)CC1. The van der Waals surface area contributed by atoms with Crippen molar-refractivity contribution in [3.8, 4) is 5.75 Å². The van der Waals surface area contributed by atoms with Gasteiger partial charge in [0.15, 0.2) is 5.65 Å². The van der Waals surface area contributed by atoms with Gasteiger partial charge in [0.05, 0.1) is 28.3 Å². The van der Waals surface area contributed by atoms with Crippen LogP contribution < -0.4 is 31.1 Å². The fourth-order valence-electron chi connectivity index (χ4n) is 6.60. The minimum absolute atomic E-state index is 0.243. The highest BCUT2D eigenvalue weighted by molar-refractivity contribution is 9.10. The van der Waals surface area contributed by atoms with Gasteiger partial charge in [-0.3, -0.25) is 14.1 Å². The second-order valence-electron chi connectivity index (χ2n) is 12.6. The smallest absolute Gasteiger partial charge is 0.257 e. The predicted molar refractivity (Wildman–Crippen MR) is 194 cm³/mol. The number of nitrogens with one attached hydrogen (secondary N) is 2. The summed E-state index contributed by atoms with van der Waals surface area (Å²) in [6.45, 7) is 12.1. The van der Waals surface area contributed by atoms with E-state index in [9.17, 15) is 9.36 Å². The summed E-state index contributed by atoms with van der Waals surface area (Å²) < 4.78 is 21.3. The first-order valence-electron chi connectivity index (χ1n) is 16.1. The minimum atomic E-state index is -2.87. The summed E-state index contributed by atoms with van der Waals surface area (Å²) in [7, 11) is 1.01. The van der Waals surface area contributed by atoms with Crippen molar-refractivity contribution in [2.24, 2.45) is 0 Å². The second-order valence-corrected chi connectivity index (χ2v) is 16.6. The molecule has 4 aromatic rings. The lowest BCUT2D eigenvalue weighted by Crippen LogP contribution is -2.52. The van der Waals surface area contributed by atoms with Crippen molar-refractivity contribution in [3.63, 3.8) is 0 Å². The molecule has 14 heteroatoms. The van der Waals surface area contributed by atoms with Crippen LogP contribution in [0.4, 0.5) is 28.8 Å². The van der Waals surface area contributed by atoms with Crippen molar-refractivity contribution in [1.82, 2.24) is 29.2 Å². The van der Waals surface area contributed by atoms with E-state index in [4.69, 9.17) is 9.72 Å². The van der Waals surface area contributed by atoms with Crippen molar-refractivity contribution in [2.75, 3.05) is 82.3 Å². The highest BCUT2D eigenvalue weighted by Gasteiger charge is 2.28. The molecule has 0 atom stereocenters. The van der Waals surface area contributed by atoms with E-state index in [0.717, 1.165) is 64.2 Å². The van der Waals surface area contributed by atoms with Gasteiger partial charge < -0.3 is 29.7 Å². The molecule has 250 valence electrons. The molecule has 47 heavy (non-hydrogen) atoms. The number of piperazine rings is 1. The van der Waals surface area contributed by atoms with E-state index < -0.39 is 7.14 Å². The second kappa shape index (κ2) is 13.9. The number of methoxy groups -OCH3 is 1. The number of benzene rings is 1. The Labute approximate surface area is 284 Å². The van der Waals surface area contributed by atoms with Gasteiger partial charge >= 0.3 is 0 Å². The molecular weight excluding hydrogens is 681 g/mol. The van der Waals surface area contributed by atoms with E-state index in [1.54, 1.807) is 38.9 Å². The maximum absolute atomic E-state index is 13.4. The number of anilines is 5. The highest BCUT2D eigenvalue weighted by Crippen LogP contribution is 2.41. The van der Waals surface area contributed by atoms with E-state index in [2.05, 4.69) is 77.3 Å². The first-order valence-corrected chi connectivity index (χ1v) is 19.5. The Morgan fingerprint density at radius 2 is 1.77 bits per heavy atom. The molecule has 2 aliphatic heterocycles. The number of likely N-dealkylation sites (N-methyl/N-ethyl adjacent to an activating group) is 1. The number of hydrogen-bond donors (Lipinski definition) is 2. The number of nitrogens with zero attached hydrogens (tertiary/aromatic N) is 7. The van der Waals surface area contributed by atoms with Gasteiger partial charge in [-0.05, 0) is 73.3 Å². The molecule has 0 radical (unpaired) electrons. The monoisotopic (exact) mass is 723 g/mol. The summed E-state index contributed by atoms with van der Waals surface area (Å²) in [4.78, 5) is 33.7. The number of fused-ring (bicyclic) bond motifs is 1. The van der Waals surface area contributed by atoms with Gasteiger partial charge in [-0.15, -0.1) is 0 Å². The molecule has 0 unspecified atom stereocenters. The largest absolute Gasteiger partial charge is 0.494 e. The summed E-state index contributed by atoms with van der Waals surface area (Å²) in [5.74, 6) is 1.55. The summed E-state index contributed by atoms with van der Waals surface area (Å²) >= 11 is 3.56. The Kier molecular flexibility index (Phi) is 9.89. The van der Waals surface area contributed by atoms with Crippen molar-refractivity contribution in [2.45, 2.75) is 32.2 Å². The molecule has 0 saturated carbocycles. The summed E-state index contributed by atoms with van der Waals surface area (Å²) in [5.41, 5.74) is 3.87. The average Bonchev–Trinajstić information content (AvgIpc) is 3.06. The number of ether oxygens (including phenoxy) is 1. The van der Waals surface area contributed by atoms with Gasteiger partial charge in [0.1, 0.15) is 18.7 Å². The molecule has 0 amide bonds. The summed E-state index contributed by atoms with van der Waals surface area (Å²) in [6.07, 6.45) is 7.90. The third-order valence-electron chi connectivity index (χ3n) is 9.16. The van der Waals surface area contributed by atoms with Crippen molar-refractivity contribution < 1.29 is 9.30 Å². The topological polar surface area (TPSA) is 120 Å². The maximum atomic E-state index is 13.4. The summed E-state index contributed by atoms with van der Waals surface area (Å²) in [5, 5.41) is 7.14. The number of hydrogen-bond acceptors (Lipinski definition) is 11. The first-order chi connectivity index (χ1) is 22.5. The van der Waals surface area contributed by atoms with Crippen LogP contribution in [-0.2, 0) is 11.0 Å². The molecule has 0 bridgehead atoms. The number of rotatable bonds is 9. The Morgan fingerprint density at radius 3 is 2.45 bits per heavy atom. The van der Waals surface area contributed by atoms with Gasteiger partial charge in [-0.1, -0.05) is 6.92 Å². The van der Waals surface area contributed by atoms with Crippen LogP contribution in [0.3, 0.4) is 0 Å². The van der Waals surface area contributed by atoms with E-state index in [0.29, 0.717) is 44.7 Å². The van der Waals surface area contributed by atoms with Crippen LogP contribution in [0.15, 0.2) is 52.1 Å². The molecule has 0 spiro atoms. The van der Waals surface area contributed by atoms with Gasteiger partial charge in [-0.2, -0.15) is 4.98 Å². The van der Waals surface area contributed by atoms with Crippen LogP contribution in [0.1, 0.15) is 25.3 Å². The van der Waals surface area contributed by atoms with Gasteiger partial charge in [0, 0.05) is 81.7 Å². The molecule has 2 fully saturated rings. The number of aromatic nitrogens is 4. The zero-order valence-corrected chi connectivity index (χ0v) is 30.1. The normalized spacial score (nSPS) is 16.9. The molecule has 12 nitrogen and oxygen atoms in total. The molecule has 2 aliphatic rings. The van der Waals surface area contributed by atoms with Crippen molar-refractivity contribution in [3.05, 3.63) is 63.2 Å². The van der Waals surface area contributed by atoms with E-state index >= 15 is 0 Å². The van der Waals surface area contributed by atoms with Crippen molar-refractivity contribution >= 4 is 62.9 Å². The number of piperidine rings is 1. The highest BCUT2D eigenvalue weighted by atomic mass is 79.9. The zero-order valence-electron chi connectivity index (χ0n) is 27.7. The molecule has 0 aliphatic carbocycles. The summed E-state index contributed by atoms with van der Waals surface area (Å²) in [6, 6.07) is 8.01. The average molecular weight is 725 g/mol. The maximum Gasteiger partial charge on any atom is 0.257 e. The lowest BCUT2D eigenvalue weighted by molar-refractivity contribution is 0.0982. The fourth-order valence-corrected chi connectivity index (χ4v) is 8.25. The molecular formula is C33H43BrN9O3P. The lowest BCUT2D eigenvalue weighted by atomic mass is 9.99. The third kappa shape index (κ3) is 7.18. The minimum Gasteiger partial charge on any atom is -0.494 e. The molecule has 6 rings (SSSR count). The van der Waals surface area contributed by atoms with Crippen LogP contribution in [0, 0.1) is 0 Å². The predicted octanol–water partition coefficient (Wildman–Crippen LogP) is 4.77. The van der Waals surface area contributed by atoms with Gasteiger partial charge in [0.2, 0.25) is 5.95 Å². The quantitative estimate of drug-likeness (QED) is 0.233.